The molecule has 1 N–H and O–H groups in total. The first-order valence-electron chi connectivity index (χ1n) is 8.21. The number of hydrogen-bond donors (Lipinski definition) is 1. The molecule has 0 aliphatic carbocycles. The predicted molar refractivity (Wildman–Crippen MR) is 101 cm³/mol. The number of amides is 2. The van der Waals surface area contributed by atoms with E-state index in [0.717, 1.165) is 0 Å². The molecule has 1 heterocycles. The van der Waals surface area contributed by atoms with E-state index in [0.29, 0.717) is 47.3 Å². The summed E-state index contributed by atoms with van der Waals surface area (Å²) in [5.74, 6) is 0.774. The molecule has 0 saturated heterocycles. The highest BCUT2D eigenvalue weighted by Crippen LogP contribution is 2.40. The first kappa shape index (κ1) is 18.8. The Kier molecular flexibility index (Phi) is 5.41. The molecule has 0 aromatic heterocycles. The second-order valence-corrected chi connectivity index (χ2v) is 6.46. The SMILES string of the molecule is COc1cc(C(=O)Nc2ccc(C(=O)N(C)C)c(Cl)c2)cc2c1OCCO2. The van der Waals surface area contributed by atoms with Gasteiger partial charge in [0, 0.05) is 25.3 Å². The average molecular weight is 391 g/mol. The Labute approximate surface area is 161 Å². The number of ether oxygens (including phenoxy) is 3. The van der Waals surface area contributed by atoms with Gasteiger partial charge in [-0.3, -0.25) is 9.59 Å². The quantitative estimate of drug-likeness (QED) is 0.868. The van der Waals surface area contributed by atoms with E-state index in [9.17, 15) is 9.59 Å². The minimum Gasteiger partial charge on any atom is -0.493 e. The van der Waals surface area contributed by atoms with Crippen LogP contribution in [0.1, 0.15) is 20.7 Å². The van der Waals surface area contributed by atoms with E-state index >= 15 is 0 Å². The third-order valence-electron chi connectivity index (χ3n) is 3.95. The van der Waals surface area contributed by atoms with Gasteiger partial charge in [-0.25, -0.2) is 0 Å². The lowest BCUT2D eigenvalue weighted by Gasteiger charge is -2.21. The molecule has 0 saturated carbocycles. The molecule has 0 radical (unpaired) electrons. The molecule has 0 fully saturated rings. The number of rotatable bonds is 4. The van der Waals surface area contributed by atoms with Gasteiger partial charge in [0.2, 0.25) is 5.75 Å². The van der Waals surface area contributed by atoms with Gasteiger partial charge < -0.3 is 24.4 Å². The van der Waals surface area contributed by atoms with Crippen molar-refractivity contribution < 1.29 is 23.8 Å². The molecule has 2 amide bonds. The number of nitrogens with zero attached hydrogens (tertiary/aromatic N) is 1. The van der Waals surface area contributed by atoms with Gasteiger partial charge in [-0.15, -0.1) is 0 Å². The van der Waals surface area contributed by atoms with Gasteiger partial charge in [0.15, 0.2) is 11.5 Å². The molecular weight excluding hydrogens is 372 g/mol. The van der Waals surface area contributed by atoms with Gasteiger partial charge in [-0.05, 0) is 30.3 Å². The molecule has 8 heteroatoms. The van der Waals surface area contributed by atoms with Crippen molar-refractivity contribution in [3.05, 3.63) is 46.5 Å². The maximum absolute atomic E-state index is 12.6. The minimum atomic E-state index is -0.368. The molecule has 142 valence electrons. The van der Waals surface area contributed by atoms with E-state index in [2.05, 4.69) is 5.32 Å². The molecule has 27 heavy (non-hydrogen) atoms. The molecule has 2 aromatic carbocycles. The third-order valence-corrected chi connectivity index (χ3v) is 4.27. The van der Waals surface area contributed by atoms with Crippen molar-refractivity contribution in [2.75, 3.05) is 39.7 Å². The molecule has 1 aliphatic heterocycles. The van der Waals surface area contributed by atoms with E-state index in [-0.39, 0.29) is 16.8 Å². The fourth-order valence-electron chi connectivity index (χ4n) is 2.61. The monoisotopic (exact) mass is 390 g/mol. The maximum Gasteiger partial charge on any atom is 0.255 e. The van der Waals surface area contributed by atoms with Crippen molar-refractivity contribution in [1.82, 2.24) is 4.90 Å². The first-order valence-corrected chi connectivity index (χ1v) is 8.58. The molecule has 3 rings (SSSR count). The topological polar surface area (TPSA) is 77.1 Å². The van der Waals surface area contributed by atoms with Crippen LogP contribution in [0.4, 0.5) is 5.69 Å². The molecule has 0 bridgehead atoms. The highest BCUT2D eigenvalue weighted by molar-refractivity contribution is 6.34. The Hall–Kier alpha value is -2.93. The summed E-state index contributed by atoms with van der Waals surface area (Å²) in [6.07, 6.45) is 0. The second-order valence-electron chi connectivity index (χ2n) is 6.05. The van der Waals surface area contributed by atoms with E-state index in [1.54, 1.807) is 38.4 Å². The fourth-order valence-corrected chi connectivity index (χ4v) is 2.88. The summed E-state index contributed by atoms with van der Waals surface area (Å²) < 4.78 is 16.4. The predicted octanol–water partition coefficient (Wildman–Crippen LogP) is 3.07. The smallest absolute Gasteiger partial charge is 0.255 e. The van der Waals surface area contributed by atoms with Crippen LogP contribution in [-0.4, -0.2) is 51.1 Å². The van der Waals surface area contributed by atoms with E-state index in [4.69, 9.17) is 25.8 Å². The highest BCUT2D eigenvalue weighted by Gasteiger charge is 2.21. The maximum atomic E-state index is 12.6. The third kappa shape index (κ3) is 3.93. The Bertz CT molecular complexity index is 881. The zero-order chi connectivity index (χ0) is 19.6. The number of halogens is 1. The lowest BCUT2D eigenvalue weighted by atomic mass is 10.1. The van der Waals surface area contributed by atoms with Gasteiger partial charge in [-0.1, -0.05) is 11.6 Å². The molecule has 0 spiro atoms. The van der Waals surface area contributed by atoms with Crippen LogP contribution in [0, 0.1) is 0 Å². The van der Waals surface area contributed by atoms with Gasteiger partial charge in [-0.2, -0.15) is 0 Å². The number of benzene rings is 2. The number of nitrogens with one attached hydrogen (secondary N) is 1. The number of methoxy groups -OCH3 is 1. The van der Waals surface area contributed by atoms with Crippen molar-refractivity contribution in [3.63, 3.8) is 0 Å². The molecular formula is C19H19ClN2O5. The Balaban J connectivity index is 1.83. The van der Waals surface area contributed by atoms with Crippen LogP contribution >= 0.6 is 11.6 Å². The summed E-state index contributed by atoms with van der Waals surface area (Å²) in [5, 5.41) is 3.01. The largest absolute Gasteiger partial charge is 0.493 e. The lowest BCUT2D eigenvalue weighted by Crippen LogP contribution is -2.22. The van der Waals surface area contributed by atoms with Crippen molar-refractivity contribution in [2.24, 2.45) is 0 Å². The summed E-state index contributed by atoms with van der Waals surface area (Å²) in [6.45, 7) is 0.823. The van der Waals surface area contributed by atoms with Crippen LogP contribution in [0.2, 0.25) is 5.02 Å². The fraction of sp³-hybridized carbons (Fsp3) is 0.263. The number of hydrogen-bond acceptors (Lipinski definition) is 5. The molecule has 7 nitrogen and oxygen atoms in total. The zero-order valence-electron chi connectivity index (χ0n) is 15.2. The summed E-state index contributed by atoms with van der Waals surface area (Å²) >= 11 is 6.18. The average Bonchev–Trinajstić information content (AvgIpc) is 2.66. The summed E-state index contributed by atoms with van der Waals surface area (Å²) in [5.41, 5.74) is 1.18. The van der Waals surface area contributed by atoms with Crippen LogP contribution in [0.15, 0.2) is 30.3 Å². The van der Waals surface area contributed by atoms with Crippen molar-refractivity contribution >= 4 is 29.1 Å². The molecule has 0 unspecified atom stereocenters. The number of anilines is 1. The van der Waals surface area contributed by atoms with Crippen LogP contribution in [-0.2, 0) is 0 Å². The lowest BCUT2D eigenvalue weighted by molar-refractivity contribution is 0.0827. The van der Waals surface area contributed by atoms with E-state index in [1.807, 2.05) is 0 Å². The Morgan fingerprint density at radius 3 is 2.56 bits per heavy atom. The highest BCUT2D eigenvalue weighted by atomic mass is 35.5. The van der Waals surface area contributed by atoms with E-state index < -0.39 is 0 Å². The molecule has 2 aromatic rings. The first-order chi connectivity index (χ1) is 12.9. The van der Waals surface area contributed by atoms with Crippen molar-refractivity contribution in [1.29, 1.82) is 0 Å². The minimum absolute atomic E-state index is 0.213. The number of carbonyl (C=O) groups is 2. The van der Waals surface area contributed by atoms with Gasteiger partial charge in [0.1, 0.15) is 13.2 Å². The van der Waals surface area contributed by atoms with Gasteiger partial charge in [0.05, 0.1) is 17.7 Å². The van der Waals surface area contributed by atoms with Gasteiger partial charge in [0.25, 0.3) is 11.8 Å². The summed E-state index contributed by atoms with van der Waals surface area (Å²) in [4.78, 5) is 26.1. The van der Waals surface area contributed by atoms with Crippen LogP contribution in [0.25, 0.3) is 0 Å². The van der Waals surface area contributed by atoms with Crippen molar-refractivity contribution in [2.45, 2.75) is 0 Å². The van der Waals surface area contributed by atoms with Crippen LogP contribution < -0.4 is 19.5 Å². The van der Waals surface area contributed by atoms with E-state index in [1.165, 1.54) is 18.1 Å². The zero-order valence-corrected chi connectivity index (χ0v) is 15.9. The Morgan fingerprint density at radius 1 is 1.15 bits per heavy atom. The normalized spacial score (nSPS) is 12.3. The Morgan fingerprint density at radius 2 is 1.89 bits per heavy atom. The van der Waals surface area contributed by atoms with Gasteiger partial charge >= 0.3 is 0 Å². The summed E-state index contributed by atoms with van der Waals surface area (Å²) in [6, 6.07) is 7.90. The second kappa shape index (κ2) is 7.75. The number of fused-ring (bicyclic) bond motifs is 1. The van der Waals surface area contributed by atoms with Crippen LogP contribution in [0.3, 0.4) is 0 Å². The summed E-state index contributed by atoms with van der Waals surface area (Å²) in [7, 11) is 4.78. The van der Waals surface area contributed by atoms with Crippen LogP contribution in [0.5, 0.6) is 17.2 Å². The molecule has 1 aliphatic rings. The molecule has 0 atom stereocenters. The number of carbonyl (C=O) groups excluding carboxylic acids is 2. The standard InChI is InChI=1S/C19H19ClN2O5/c1-22(2)19(24)13-5-4-12(10-14(13)20)21-18(23)11-8-15(25-3)17-16(9-11)26-6-7-27-17/h4-5,8-10H,6-7H2,1-3H3,(H,21,23). The van der Waals surface area contributed by atoms with Crippen molar-refractivity contribution in [3.8, 4) is 17.2 Å².